The van der Waals surface area contributed by atoms with Crippen LogP contribution in [0.3, 0.4) is 0 Å². The first-order valence-electron chi connectivity index (χ1n) is 13.1. The summed E-state index contributed by atoms with van der Waals surface area (Å²) in [6, 6.07) is 15.3. The Morgan fingerprint density at radius 3 is 2.23 bits per heavy atom. The fourth-order valence-corrected chi connectivity index (χ4v) is 5.03. The van der Waals surface area contributed by atoms with Crippen LogP contribution in [-0.2, 0) is 22.4 Å². The zero-order valence-corrected chi connectivity index (χ0v) is 24.8. The van der Waals surface area contributed by atoms with Crippen LogP contribution in [0.25, 0.3) is 0 Å². The van der Waals surface area contributed by atoms with E-state index in [0.717, 1.165) is 4.90 Å². The molecule has 224 valence electrons. The summed E-state index contributed by atoms with van der Waals surface area (Å²) >= 11 is 12.3. The van der Waals surface area contributed by atoms with E-state index in [4.69, 9.17) is 38.1 Å². The highest BCUT2D eigenvalue weighted by Gasteiger charge is 2.34. The SMILES string of the molecule is COc1ccc(CC(=O)NC(=N)NC(Cc2ccc(Cl)cc2Cl)C(=O)NCCN2C(=O)c3ccccc3C2=O)cc1OC. The van der Waals surface area contributed by atoms with Crippen molar-refractivity contribution in [3.05, 3.63) is 93.0 Å². The van der Waals surface area contributed by atoms with Crippen molar-refractivity contribution in [1.82, 2.24) is 20.9 Å². The molecule has 3 aromatic carbocycles. The summed E-state index contributed by atoms with van der Waals surface area (Å²) in [5.74, 6) is -1.35. The van der Waals surface area contributed by atoms with Crippen LogP contribution < -0.4 is 25.4 Å². The van der Waals surface area contributed by atoms with Crippen molar-refractivity contribution in [2.45, 2.75) is 18.9 Å². The molecule has 4 N–H and O–H groups in total. The minimum atomic E-state index is -1.05. The van der Waals surface area contributed by atoms with Crippen molar-refractivity contribution >= 4 is 52.8 Å². The largest absolute Gasteiger partial charge is 0.493 e. The Labute approximate surface area is 257 Å². The van der Waals surface area contributed by atoms with Crippen molar-refractivity contribution in [2.75, 3.05) is 27.3 Å². The summed E-state index contributed by atoms with van der Waals surface area (Å²) in [6.07, 6.45) is -0.0205. The number of carbonyl (C=O) groups is 4. The first kappa shape index (κ1) is 31.3. The lowest BCUT2D eigenvalue weighted by molar-refractivity contribution is -0.123. The highest BCUT2D eigenvalue weighted by atomic mass is 35.5. The monoisotopic (exact) mass is 625 g/mol. The van der Waals surface area contributed by atoms with Crippen LogP contribution in [0.5, 0.6) is 11.5 Å². The number of imide groups is 1. The van der Waals surface area contributed by atoms with Gasteiger partial charge in [-0.2, -0.15) is 0 Å². The number of amides is 4. The molecule has 1 aliphatic heterocycles. The lowest BCUT2D eigenvalue weighted by Gasteiger charge is -2.22. The van der Waals surface area contributed by atoms with Gasteiger partial charge < -0.3 is 20.1 Å². The molecule has 1 aliphatic rings. The minimum absolute atomic E-state index is 0.0319. The predicted octanol–water partition coefficient (Wildman–Crippen LogP) is 3.22. The fourth-order valence-electron chi connectivity index (χ4n) is 4.54. The molecule has 3 aromatic rings. The number of nitrogens with one attached hydrogen (secondary N) is 4. The predicted molar refractivity (Wildman–Crippen MR) is 161 cm³/mol. The topological polar surface area (TPSA) is 150 Å². The molecule has 0 aliphatic carbocycles. The Hall–Kier alpha value is -4.61. The van der Waals surface area contributed by atoms with E-state index < -0.39 is 35.6 Å². The standard InChI is InChI=1S/C30H29Cl2N5O6/c1-42-24-10-7-17(13-25(24)43-2)14-26(38)36-30(33)35-23(15-18-8-9-19(31)16-22(18)32)27(39)34-11-12-37-28(40)20-5-3-4-6-21(20)29(37)41/h3-10,13,16,23H,11-12,14-15H2,1-2H3,(H,34,39)(H3,33,35,36,38). The minimum Gasteiger partial charge on any atom is -0.493 e. The van der Waals surface area contributed by atoms with Gasteiger partial charge in [-0.15, -0.1) is 0 Å². The fraction of sp³-hybridized carbons (Fsp3) is 0.233. The molecular weight excluding hydrogens is 597 g/mol. The number of fused-ring (bicyclic) bond motifs is 1. The van der Waals surface area contributed by atoms with E-state index in [9.17, 15) is 19.2 Å². The maximum absolute atomic E-state index is 13.3. The Morgan fingerprint density at radius 2 is 1.60 bits per heavy atom. The third kappa shape index (κ3) is 7.62. The third-order valence-corrected chi connectivity index (χ3v) is 7.25. The summed E-state index contributed by atoms with van der Waals surface area (Å²) in [7, 11) is 2.99. The van der Waals surface area contributed by atoms with Gasteiger partial charge in [-0.3, -0.25) is 34.8 Å². The van der Waals surface area contributed by atoms with Crippen LogP contribution >= 0.6 is 23.2 Å². The van der Waals surface area contributed by atoms with Crippen LogP contribution in [0.1, 0.15) is 31.8 Å². The van der Waals surface area contributed by atoms with Crippen LogP contribution in [0, 0.1) is 5.41 Å². The number of nitrogens with zero attached hydrogens (tertiary/aromatic N) is 1. The smallest absolute Gasteiger partial charge is 0.261 e. The molecule has 0 saturated carbocycles. The molecule has 0 saturated heterocycles. The quantitative estimate of drug-likeness (QED) is 0.145. The maximum Gasteiger partial charge on any atom is 0.261 e. The van der Waals surface area contributed by atoms with E-state index in [1.165, 1.54) is 20.3 Å². The molecule has 1 atom stereocenters. The third-order valence-electron chi connectivity index (χ3n) is 6.66. The zero-order chi connectivity index (χ0) is 31.1. The molecule has 11 nitrogen and oxygen atoms in total. The van der Waals surface area contributed by atoms with Crippen molar-refractivity contribution in [3.63, 3.8) is 0 Å². The van der Waals surface area contributed by atoms with Crippen LogP contribution in [0.4, 0.5) is 0 Å². The molecule has 43 heavy (non-hydrogen) atoms. The first-order chi connectivity index (χ1) is 20.6. The summed E-state index contributed by atoms with van der Waals surface area (Å²) in [4.78, 5) is 52.3. The van der Waals surface area contributed by atoms with E-state index in [1.54, 1.807) is 54.6 Å². The molecule has 1 unspecified atom stereocenters. The number of hydrogen-bond donors (Lipinski definition) is 4. The number of carbonyl (C=O) groups excluding carboxylic acids is 4. The molecule has 4 amide bonds. The second-order valence-corrected chi connectivity index (χ2v) is 10.4. The molecule has 13 heteroatoms. The van der Waals surface area contributed by atoms with E-state index in [0.29, 0.717) is 43.8 Å². The van der Waals surface area contributed by atoms with Crippen molar-refractivity contribution in [2.24, 2.45) is 0 Å². The molecule has 0 aromatic heterocycles. The Bertz CT molecular complexity index is 1550. The van der Waals surface area contributed by atoms with Gasteiger partial charge in [0, 0.05) is 29.6 Å². The van der Waals surface area contributed by atoms with E-state index in [-0.39, 0.29) is 25.9 Å². The number of ether oxygens (including phenoxy) is 2. The number of halogens is 2. The highest BCUT2D eigenvalue weighted by molar-refractivity contribution is 6.35. The molecule has 1 heterocycles. The molecule has 0 spiro atoms. The van der Waals surface area contributed by atoms with Crippen LogP contribution in [0.15, 0.2) is 60.7 Å². The van der Waals surface area contributed by atoms with Gasteiger partial charge in [0.05, 0.1) is 31.8 Å². The van der Waals surface area contributed by atoms with Gasteiger partial charge in [-0.1, -0.05) is 47.5 Å². The summed E-state index contributed by atoms with van der Waals surface area (Å²) in [5, 5.41) is 16.9. The molecular formula is C30H29Cl2N5O6. The van der Waals surface area contributed by atoms with Crippen molar-refractivity contribution in [3.8, 4) is 11.5 Å². The van der Waals surface area contributed by atoms with Gasteiger partial charge in [-0.05, 0) is 47.5 Å². The lowest BCUT2D eigenvalue weighted by atomic mass is 10.1. The number of rotatable bonds is 11. The highest BCUT2D eigenvalue weighted by Crippen LogP contribution is 2.28. The van der Waals surface area contributed by atoms with Crippen LogP contribution in [-0.4, -0.2) is 67.8 Å². The summed E-state index contributed by atoms with van der Waals surface area (Å²) in [6.45, 7) is -0.0815. The molecule has 0 bridgehead atoms. The number of benzene rings is 3. The second kappa shape index (κ2) is 14.0. The van der Waals surface area contributed by atoms with Gasteiger partial charge in [0.25, 0.3) is 11.8 Å². The maximum atomic E-state index is 13.3. The summed E-state index contributed by atoms with van der Waals surface area (Å²) in [5.41, 5.74) is 1.82. The molecule has 4 rings (SSSR count). The Kier molecular flexibility index (Phi) is 10.2. The molecule has 0 fully saturated rings. The van der Waals surface area contributed by atoms with Crippen LogP contribution in [0.2, 0.25) is 10.0 Å². The zero-order valence-electron chi connectivity index (χ0n) is 23.3. The Balaban J connectivity index is 1.39. The number of guanidine groups is 1. The normalized spacial score (nSPS) is 12.8. The lowest BCUT2D eigenvalue weighted by Crippen LogP contribution is -2.53. The van der Waals surface area contributed by atoms with Gasteiger partial charge in [0.1, 0.15) is 6.04 Å². The first-order valence-corrected chi connectivity index (χ1v) is 13.9. The van der Waals surface area contributed by atoms with Crippen molar-refractivity contribution in [1.29, 1.82) is 5.41 Å². The average molecular weight is 626 g/mol. The van der Waals surface area contributed by atoms with E-state index in [1.807, 2.05) is 0 Å². The van der Waals surface area contributed by atoms with Crippen molar-refractivity contribution < 1.29 is 28.7 Å². The van der Waals surface area contributed by atoms with Gasteiger partial charge in [0.15, 0.2) is 17.5 Å². The van der Waals surface area contributed by atoms with Gasteiger partial charge >= 0.3 is 0 Å². The second-order valence-electron chi connectivity index (χ2n) is 9.52. The number of hydrogen-bond acceptors (Lipinski definition) is 7. The van der Waals surface area contributed by atoms with E-state index >= 15 is 0 Å². The molecule has 0 radical (unpaired) electrons. The van der Waals surface area contributed by atoms with Gasteiger partial charge in [0.2, 0.25) is 11.8 Å². The van der Waals surface area contributed by atoms with E-state index in [2.05, 4.69) is 16.0 Å². The number of methoxy groups -OCH3 is 2. The average Bonchev–Trinajstić information content (AvgIpc) is 3.22. The Morgan fingerprint density at radius 1 is 0.930 bits per heavy atom. The van der Waals surface area contributed by atoms with Gasteiger partial charge in [-0.25, -0.2) is 0 Å². The summed E-state index contributed by atoms with van der Waals surface area (Å²) < 4.78 is 10.5.